The molecule has 0 unspecified atom stereocenters. The molecule has 0 saturated carbocycles. The minimum atomic E-state index is -4.40. The molecule has 1 saturated heterocycles. The number of benzene rings is 1. The van der Waals surface area contributed by atoms with E-state index in [0.29, 0.717) is 32.8 Å². The maximum Gasteiger partial charge on any atom is 0.416 e. The van der Waals surface area contributed by atoms with Crippen LogP contribution in [-0.4, -0.2) is 41.2 Å². The van der Waals surface area contributed by atoms with Crippen molar-refractivity contribution in [1.29, 1.82) is 0 Å². The van der Waals surface area contributed by atoms with Gasteiger partial charge in [-0.1, -0.05) is 23.7 Å². The SMILES string of the molecule is O=C(CCc1nc(-c2ccc(C(F)(F)F)cc2)cs1)[C@@H]1CSCN1S(=O)(=O)c1ccc(Cl)s1. The molecule has 13 heteroatoms. The second kappa shape index (κ2) is 9.67. The number of carbonyl (C=O) groups is 1. The summed E-state index contributed by atoms with van der Waals surface area (Å²) in [6, 6.07) is 6.93. The van der Waals surface area contributed by atoms with Crippen molar-refractivity contribution in [2.45, 2.75) is 29.3 Å². The Morgan fingerprint density at radius 3 is 2.55 bits per heavy atom. The molecule has 3 aromatic rings. The number of thiophene rings is 1. The van der Waals surface area contributed by atoms with Crippen molar-refractivity contribution >= 4 is 61.8 Å². The van der Waals surface area contributed by atoms with Crippen molar-refractivity contribution in [2.24, 2.45) is 0 Å². The number of carbonyl (C=O) groups excluding carboxylic acids is 1. The Morgan fingerprint density at radius 1 is 1.18 bits per heavy atom. The van der Waals surface area contributed by atoms with Crippen molar-refractivity contribution in [3.05, 3.63) is 56.7 Å². The van der Waals surface area contributed by atoms with Crippen molar-refractivity contribution < 1.29 is 26.4 Å². The Hall–Kier alpha value is -1.44. The molecule has 3 heterocycles. The quantitative estimate of drug-likeness (QED) is 0.370. The third kappa shape index (κ3) is 5.46. The number of aryl methyl sites for hydroxylation is 1. The summed E-state index contributed by atoms with van der Waals surface area (Å²) in [5, 5.41) is 2.38. The molecule has 1 aliphatic rings. The first kappa shape index (κ1) is 24.7. The zero-order chi connectivity index (χ0) is 23.8. The standard InChI is InChI=1S/C20H16ClF3N2O3S4/c21-17-6-8-19(32-17)33(28,29)26-11-30-10-15(26)16(27)5-7-18-25-14(9-31-18)12-1-3-13(4-2-12)20(22,23)24/h1-4,6,8-9,15H,5,7,10-11H2/t15-/m0/s1. The highest BCUT2D eigenvalue weighted by Crippen LogP contribution is 2.34. The Morgan fingerprint density at radius 2 is 1.91 bits per heavy atom. The number of aromatic nitrogens is 1. The fourth-order valence-corrected chi connectivity index (χ4v) is 8.88. The summed E-state index contributed by atoms with van der Waals surface area (Å²) in [5.74, 6) is 0.382. The highest BCUT2D eigenvalue weighted by molar-refractivity contribution is 8.01. The van der Waals surface area contributed by atoms with Crippen LogP contribution in [0, 0.1) is 0 Å². The molecule has 2 aromatic heterocycles. The van der Waals surface area contributed by atoms with Crippen LogP contribution in [0.2, 0.25) is 4.34 Å². The second-order valence-electron chi connectivity index (χ2n) is 7.13. The largest absolute Gasteiger partial charge is 0.416 e. The van der Waals surface area contributed by atoms with Gasteiger partial charge < -0.3 is 0 Å². The zero-order valence-corrected chi connectivity index (χ0v) is 20.7. The molecule has 0 bridgehead atoms. The van der Waals surface area contributed by atoms with E-state index < -0.39 is 27.8 Å². The van der Waals surface area contributed by atoms with E-state index in [1.807, 2.05) is 0 Å². The normalized spacial score (nSPS) is 17.5. The van der Waals surface area contributed by atoms with E-state index in [9.17, 15) is 26.4 Å². The van der Waals surface area contributed by atoms with E-state index in [2.05, 4.69) is 4.98 Å². The molecule has 0 spiro atoms. The summed E-state index contributed by atoms with van der Waals surface area (Å²) in [4.78, 5) is 17.3. The summed E-state index contributed by atoms with van der Waals surface area (Å²) in [7, 11) is -3.81. The summed E-state index contributed by atoms with van der Waals surface area (Å²) < 4.78 is 65.7. The van der Waals surface area contributed by atoms with Gasteiger partial charge in [0.2, 0.25) is 0 Å². The monoisotopic (exact) mass is 552 g/mol. The van der Waals surface area contributed by atoms with Crippen LogP contribution in [0.3, 0.4) is 0 Å². The van der Waals surface area contributed by atoms with Gasteiger partial charge in [-0.2, -0.15) is 17.5 Å². The third-order valence-electron chi connectivity index (χ3n) is 4.97. The number of hydrogen-bond donors (Lipinski definition) is 0. The molecule has 1 aromatic carbocycles. The zero-order valence-electron chi connectivity index (χ0n) is 16.7. The average molecular weight is 553 g/mol. The van der Waals surface area contributed by atoms with Crippen LogP contribution in [0.4, 0.5) is 13.2 Å². The predicted octanol–water partition coefficient (Wildman–Crippen LogP) is 5.81. The third-order valence-corrected chi connectivity index (χ3v) is 10.6. The number of thiazole rings is 1. The molecule has 0 amide bonds. The topological polar surface area (TPSA) is 67.3 Å². The van der Waals surface area contributed by atoms with Gasteiger partial charge in [-0.15, -0.1) is 34.4 Å². The Labute approximate surface area is 205 Å². The molecular formula is C20H16ClF3N2O3S4. The smallest absolute Gasteiger partial charge is 0.298 e. The maximum absolute atomic E-state index is 12.9. The number of ketones is 1. The molecule has 176 valence electrons. The number of thioether (sulfide) groups is 1. The number of alkyl halides is 3. The molecule has 0 radical (unpaired) electrons. The molecule has 5 nitrogen and oxygen atoms in total. The Bertz CT molecular complexity index is 1260. The van der Waals surface area contributed by atoms with E-state index in [0.717, 1.165) is 23.5 Å². The fourth-order valence-electron chi connectivity index (χ4n) is 3.25. The van der Waals surface area contributed by atoms with E-state index >= 15 is 0 Å². The van der Waals surface area contributed by atoms with Crippen LogP contribution in [0.5, 0.6) is 0 Å². The predicted molar refractivity (Wildman–Crippen MR) is 125 cm³/mol. The van der Waals surface area contributed by atoms with Gasteiger partial charge in [-0.25, -0.2) is 13.4 Å². The van der Waals surface area contributed by atoms with Crippen LogP contribution in [0.15, 0.2) is 46.0 Å². The molecular weight excluding hydrogens is 537 g/mol. The number of halogens is 4. The summed E-state index contributed by atoms with van der Waals surface area (Å²) in [6.45, 7) is 0. The first-order chi connectivity index (χ1) is 15.6. The Balaban J connectivity index is 1.40. The van der Waals surface area contributed by atoms with E-state index in [1.165, 1.54) is 51.7 Å². The van der Waals surface area contributed by atoms with Crippen molar-refractivity contribution in [1.82, 2.24) is 9.29 Å². The van der Waals surface area contributed by atoms with Gasteiger partial charge in [0.25, 0.3) is 10.0 Å². The molecule has 1 fully saturated rings. The summed E-state index contributed by atoms with van der Waals surface area (Å²) >= 11 is 9.51. The minimum Gasteiger partial charge on any atom is -0.298 e. The van der Waals surface area contributed by atoms with Gasteiger partial charge in [-0.3, -0.25) is 4.79 Å². The molecule has 0 N–H and O–H groups in total. The number of nitrogens with zero attached hydrogens (tertiary/aromatic N) is 2. The molecule has 33 heavy (non-hydrogen) atoms. The molecule has 0 aliphatic carbocycles. The van der Waals surface area contributed by atoms with Gasteiger partial charge in [0.05, 0.1) is 32.5 Å². The number of Topliss-reactive ketones (excluding diaryl/α,β-unsaturated/α-hetero) is 1. The first-order valence-corrected chi connectivity index (χ1v) is 14.2. The lowest BCUT2D eigenvalue weighted by Gasteiger charge is -2.21. The highest BCUT2D eigenvalue weighted by atomic mass is 35.5. The van der Waals surface area contributed by atoms with Crippen molar-refractivity contribution in [2.75, 3.05) is 11.6 Å². The van der Waals surface area contributed by atoms with Crippen molar-refractivity contribution in [3.63, 3.8) is 0 Å². The van der Waals surface area contributed by atoms with E-state index in [1.54, 1.807) is 5.38 Å². The van der Waals surface area contributed by atoms with Crippen LogP contribution in [0.1, 0.15) is 17.0 Å². The molecule has 1 atom stereocenters. The fraction of sp³-hybridized carbons (Fsp3) is 0.300. The second-order valence-corrected chi connectivity index (χ2v) is 12.9. The number of rotatable bonds is 7. The van der Waals surface area contributed by atoms with E-state index in [-0.39, 0.29) is 22.3 Å². The minimum absolute atomic E-state index is 0.105. The average Bonchev–Trinajstić information content (AvgIpc) is 3.52. The van der Waals surface area contributed by atoms with Gasteiger partial charge in [-0.05, 0) is 24.3 Å². The van der Waals surface area contributed by atoms with Gasteiger partial charge >= 0.3 is 6.18 Å². The highest BCUT2D eigenvalue weighted by Gasteiger charge is 2.40. The lowest BCUT2D eigenvalue weighted by Crippen LogP contribution is -2.41. The molecule has 4 rings (SSSR count). The van der Waals surface area contributed by atoms with Gasteiger partial charge in [0.15, 0.2) is 5.78 Å². The van der Waals surface area contributed by atoms with Crippen LogP contribution >= 0.6 is 46.0 Å². The first-order valence-electron chi connectivity index (χ1n) is 9.55. The lowest BCUT2D eigenvalue weighted by atomic mass is 10.1. The maximum atomic E-state index is 12.9. The van der Waals surface area contributed by atoms with Gasteiger partial charge in [0.1, 0.15) is 4.21 Å². The van der Waals surface area contributed by atoms with Crippen LogP contribution in [-0.2, 0) is 27.4 Å². The van der Waals surface area contributed by atoms with Gasteiger partial charge in [0, 0.05) is 29.5 Å². The number of sulfonamides is 1. The lowest BCUT2D eigenvalue weighted by molar-refractivity contribution is -0.137. The van der Waals surface area contributed by atoms with Crippen LogP contribution < -0.4 is 0 Å². The summed E-state index contributed by atoms with van der Waals surface area (Å²) in [5.41, 5.74) is 0.355. The number of hydrogen-bond acceptors (Lipinski definition) is 7. The van der Waals surface area contributed by atoms with E-state index in [4.69, 9.17) is 11.6 Å². The Kier molecular flexibility index (Phi) is 7.23. The van der Waals surface area contributed by atoms with Crippen molar-refractivity contribution in [3.8, 4) is 11.3 Å². The van der Waals surface area contributed by atoms with Crippen LogP contribution in [0.25, 0.3) is 11.3 Å². The summed E-state index contributed by atoms with van der Waals surface area (Å²) in [6.07, 6.45) is -3.96. The molecule has 1 aliphatic heterocycles.